The third-order valence-corrected chi connectivity index (χ3v) is 3.47. The molecule has 0 aliphatic carbocycles. The van der Waals surface area contributed by atoms with Crippen LogP contribution in [0.2, 0.25) is 0 Å². The Morgan fingerprint density at radius 3 is 2.89 bits per heavy atom. The maximum absolute atomic E-state index is 4.67. The fourth-order valence-corrected chi connectivity index (χ4v) is 2.46. The predicted octanol–water partition coefficient (Wildman–Crippen LogP) is 3.09. The van der Waals surface area contributed by atoms with Gasteiger partial charge in [-0.2, -0.15) is 4.98 Å². The topological polar surface area (TPSA) is 41.1 Å². The van der Waals surface area contributed by atoms with Crippen LogP contribution in [0.5, 0.6) is 0 Å². The van der Waals surface area contributed by atoms with Gasteiger partial charge in [-0.15, -0.1) is 0 Å². The summed E-state index contributed by atoms with van der Waals surface area (Å²) in [5.41, 5.74) is 1.04. The summed E-state index contributed by atoms with van der Waals surface area (Å²) in [6.07, 6.45) is 2.56. The number of nitrogens with zero attached hydrogens (tertiary/aromatic N) is 3. The van der Waals surface area contributed by atoms with Crippen molar-refractivity contribution in [1.29, 1.82) is 0 Å². The molecule has 2 rings (SSSR count). The van der Waals surface area contributed by atoms with Crippen molar-refractivity contribution in [2.75, 3.05) is 29.9 Å². The number of hydrogen-bond acceptors (Lipinski definition) is 4. The molecular weight excluding hydrogens is 236 g/mol. The minimum Gasteiger partial charge on any atom is -0.370 e. The van der Waals surface area contributed by atoms with Gasteiger partial charge in [0, 0.05) is 31.4 Å². The minimum absolute atomic E-state index is 0.619. The summed E-state index contributed by atoms with van der Waals surface area (Å²) in [5, 5.41) is 3.40. The van der Waals surface area contributed by atoms with Gasteiger partial charge in [0.25, 0.3) is 0 Å². The number of hydrogen-bond donors (Lipinski definition) is 1. The van der Waals surface area contributed by atoms with Crippen molar-refractivity contribution in [3.05, 3.63) is 11.8 Å². The second kappa shape index (κ2) is 6.22. The largest absolute Gasteiger partial charge is 0.370 e. The molecule has 0 radical (unpaired) electrons. The van der Waals surface area contributed by atoms with Crippen LogP contribution in [0, 0.1) is 18.8 Å². The summed E-state index contributed by atoms with van der Waals surface area (Å²) in [5.74, 6) is 3.20. The standard InChI is InChI=1S/C15H26N4/c1-11(2)9-16-14-8-13(4)17-15(18-14)19-7-5-6-12(3)10-19/h8,11-12H,5-7,9-10H2,1-4H3,(H,16,17,18). The van der Waals surface area contributed by atoms with Crippen molar-refractivity contribution in [2.45, 2.75) is 40.5 Å². The van der Waals surface area contributed by atoms with Gasteiger partial charge in [0.15, 0.2) is 0 Å². The monoisotopic (exact) mass is 262 g/mol. The third-order valence-electron chi connectivity index (χ3n) is 3.47. The molecule has 1 unspecified atom stereocenters. The zero-order chi connectivity index (χ0) is 13.8. The van der Waals surface area contributed by atoms with Gasteiger partial charge in [-0.25, -0.2) is 4.98 Å². The van der Waals surface area contributed by atoms with Gasteiger partial charge in [0.05, 0.1) is 0 Å². The van der Waals surface area contributed by atoms with Crippen LogP contribution >= 0.6 is 0 Å². The minimum atomic E-state index is 0.619. The Hall–Kier alpha value is -1.32. The molecule has 106 valence electrons. The smallest absolute Gasteiger partial charge is 0.227 e. The fourth-order valence-electron chi connectivity index (χ4n) is 2.46. The summed E-state index contributed by atoms with van der Waals surface area (Å²) in [6, 6.07) is 2.03. The van der Waals surface area contributed by atoms with Crippen molar-refractivity contribution in [3.63, 3.8) is 0 Å². The molecule has 1 aliphatic heterocycles. The van der Waals surface area contributed by atoms with E-state index in [0.29, 0.717) is 5.92 Å². The Morgan fingerprint density at radius 2 is 2.21 bits per heavy atom. The average Bonchev–Trinajstić information content (AvgIpc) is 2.36. The van der Waals surface area contributed by atoms with Gasteiger partial charge in [0.2, 0.25) is 5.95 Å². The highest BCUT2D eigenvalue weighted by atomic mass is 15.3. The molecule has 4 nitrogen and oxygen atoms in total. The lowest BCUT2D eigenvalue weighted by Crippen LogP contribution is -2.35. The van der Waals surface area contributed by atoms with Crippen LogP contribution in [0.1, 0.15) is 39.3 Å². The summed E-state index contributed by atoms with van der Waals surface area (Å²) < 4.78 is 0. The first-order valence-electron chi connectivity index (χ1n) is 7.39. The molecule has 1 saturated heterocycles. The van der Waals surface area contributed by atoms with E-state index in [-0.39, 0.29) is 0 Å². The highest BCUT2D eigenvalue weighted by molar-refractivity contribution is 5.43. The molecule has 0 bridgehead atoms. The maximum atomic E-state index is 4.67. The molecular formula is C15H26N4. The molecule has 1 aromatic heterocycles. The van der Waals surface area contributed by atoms with E-state index in [1.807, 2.05) is 13.0 Å². The molecule has 19 heavy (non-hydrogen) atoms. The third kappa shape index (κ3) is 4.08. The van der Waals surface area contributed by atoms with Crippen molar-refractivity contribution in [1.82, 2.24) is 9.97 Å². The summed E-state index contributed by atoms with van der Waals surface area (Å²) in [6.45, 7) is 11.9. The Balaban J connectivity index is 2.11. The summed E-state index contributed by atoms with van der Waals surface area (Å²) >= 11 is 0. The van der Waals surface area contributed by atoms with Gasteiger partial charge in [-0.3, -0.25) is 0 Å². The van der Waals surface area contributed by atoms with E-state index in [1.165, 1.54) is 12.8 Å². The van der Waals surface area contributed by atoms with Crippen LogP contribution in [0.4, 0.5) is 11.8 Å². The van der Waals surface area contributed by atoms with Crippen LogP contribution < -0.4 is 10.2 Å². The number of aromatic nitrogens is 2. The van der Waals surface area contributed by atoms with Gasteiger partial charge < -0.3 is 10.2 Å². The van der Waals surface area contributed by atoms with Gasteiger partial charge in [-0.1, -0.05) is 20.8 Å². The zero-order valence-electron chi connectivity index (χ0n) is 12.6. The number of nitrogens with one attached hydrogen (secondary N) is 1. The number of rotatable bonds is 4. The fraction of sp³-hybridized carbons (Fsp3) is 0.733. The van der Waals surface area contributed by atoms with Gasteiger partial charge in [-0.05, 0) is 31.6 Å². The van der Waals surface area contributed by atoms with Crippen LogP contribution in [-0.4, -0.2) is 29.6 Å². The molecule has 0 aromatic carbocycles. The molecule has 1 aliphatic rings. The van der Waals surface area contributed by atoms with Crippen LogP contribution in [0.3, 0.4) is 0 Å². The lowest BCUT2D eigenvalue weighted by atomic mass is 10.0. The van der Waals surface area contributed by atoms with E-state index in [9.17, 15) is 0 Å². The molecule has 0 saturated carbocycles. The van der Waals surface area contributed by atoms with Crippen molar-refractivity contribution in [2.24, 2.45) is 11.8 Å². The Bertz CT molecular complexity index is 417. The Labute approximate surface area is 116 Å². The van der Waals surface area contributed by atoms with Crippen LogP contribution in [0.15, 0.2) is 6.07 Å². The first kappa shape index (κ1) is 14.1. The van der Waals surface area contributed by atoms with E-state index in [4.69, 9.17) is 0 Å². The predicted molar refractivity (Wildman–Crippen MR) is 80.7 cm³/mol. The van der Waals surface area contributed by atoms with Crippen molar-refractivity contribution in [3.8, 4) is 0 Å². The SMILES string of the molecule is Cc1cc(NCC(C)C)nc(N2CCCC(C)C2)n1. The molecule has 1 aromatic rings. The quantitative estimate of drug-likeness (QED) is 0.905. The highest BCUT2D eigenvalue weighted by Crippen LogP contribution is 2.21. The van der Waals surface area contributed by atoms with E-state index in [2.05, 4.69) is 41.0 Å². The number of piperidine rings is 1. The Kier molecular flexibility index (Phi) is 4.61. The van der Waals surface area contributed by atoms with Crippen LogP contribution in [0.25, 0.3) is 0 Å². The highest BCUT2D eigenvalue weighted by Gasteiger charge is 2.19. The summed E-state index contributed by atoms with van der Waals surface area (Å²) in [7, 11) is 0. The number of aryl methyl sites for hydroxylation is 1. The summed E-state index contributed by atoms with van der Waals surface area (Å²) in [4.78, 5) is 11.6. The lowest BCUT2D eigenvalue weighted by Gasteiger charge is -2.31. The van der Waals surface area contributed by atoms with E-state index in [1.54, 1.807) is 0 Å². The zero-order valence-corrected chi connectivity index (χ0v) is 12.6. The van der Waals surface area contributed by atoms with Crippen molar-refractivity contribution >= 4 is 11.8 Å². The second-order valence-corrected chi connectivity index (χ2v) is 6.16. The normalized spacial score (nSPS) is 19.8. The van der Waals surface area contributed by atoms with E-state index < -0.39 is 0 Å². The molecule has 4 heteroatoms. The van der Waals surface area contributed by atoms with E-state index in [0.717, 1.165) is 43.0 Å². The Morgan fingerprint density at radius 1 is 1.42 bits per heavy atom. The molecule has 0 spiro atoms. The lowest BCUT2D eigenvalue weighted by molar-refractivity contribution is 0.442. The van der Waals surface area contributed by atoms with Crippen molar-refractivity contribution < 1.29 is 0 Å². The van der Waals surface area contributed by atoms with Gasteiger partial charge >= 0.3 is 0 Å². The molecule has 0 amide bonds. The molecule has 2 heterocycles. The molecule has 1 N–H and O–H groups in total. The molecule has 1 fully saturated rings. The number of anilines is 2. The van der Waals surface area contributed by atoms with E-state index >= 15 is 0 Å². The molecule has 1 atom stereocenters. The second-order valence-electron chi connectivity index (χ2n) is 6.16. The first-order chi connectivity index (χ1) is 9.04. The maximum Gasteiger partial charge on any atom is 0.227 e. The van der Waals surface area contributed by atoms with Gasteiger partial charge in [0.1, 0.15) is 5.82 Å². The average molecular weight is 262 g/mol. The van der Waals surface area contributed by atoms with Crippen LogP contribution in [-0.2, 0) is 0 Å². The first-order valence-corrected chi connectivity index (χ1v) is 7.39.